The molecule has 0 aliphatic carbocycles. The summed E-state index contributed by atoms with van der Waals surface area (Å²) in [4.78, 5) is 24.9. The van der Waals surface area contributed by atoms with Gasteiger partial charge in [0, 0.05) is 20.6 Å². The number of anilines is 2. The third-order valence-electron chi connectivity index (χ3n) is 3.70. The molecule has 1 atom stereocenters. The second-order valence-electron chi connectivity index (χ2n) is 5.61. The van der Waals surface area contributed by atoms with Crippen LogP contribution in [0.1, 0.15) is 22.8 Å². The van der Waals surface area contributed by atoms with Crippen molar-refractivity contribution in [3.05, 3.63) is 52.0 Å². The van der Waals surface area contributed by atoms with Crippen LogP contribution in [0.2, 0.25) is 0 Å². The molecule has 3 rings (SSSR count). The van der Waals surface area contributed by atoms with Crippen LogP contribution in [0.25, 0.3) is 0 Å². The summed E-state index contributed by atoms with van der Waals surface area (Å²) in [5.41, 5.74) is -0.109. The van der Waals surface area contributed by atoms with Crippen LogP contribution in [0, 0.1) is 0 Å². The second-order valence-corrected chi connectivity index (χ2v) is 7.84. The molecule has 0 aromatic heterocycles. The van der Waals surface area contributed by atoms with E-state index in [1.165, 1.54) is 30.0 Å². The van der Waals surface area contributed by atoms with Crippen LogP contribution in [0.4, 0.5) is 24.5 Å². The van der Waals surface area contributed by atoms with Gasteiger partial charge in [0.15, 0.2) is 0 Å². The number of carbonyl (C=O) groups is 2. The Morgan fingerprint density at radius 1 is 1.23 bits per heavy atom. The number of rotatable bonds is 2. The summed E-state index contributed by atoms with van der Waals surface area (Å²) >= 11 is 4.23. The number of halogens is 4. The van der Waals surface area contributed by atoms with E-state index in [9.17, 15) is 22.8 Å². The van der Waals surface area contributed by atoms with E-state index < -0.39 is 17.6 Å². The van der Waals surface area contributed by atoms with Gasteiger partial charge in [-0.1, -0.05) is 15.9 Å². The minimum absolute atomic E-state index is 0.0234. The molecule has 2 aromatic carbocycles. The molecule has 0 saturated carbocycles. The van der Waals surface area contributed by atoms with Crippen LogP contribution in [-0.4, -0.2) is 17.1 Å². The number of hydrogen-bond acceptors (Lipinski definition) is 3. The first kappa shape index (κ1) is 18.8. The molecule has 1 unspecified atom stereocenters. The number of alkyl halides is 3. The topological polar surface area (TPSA) is 58.2 Å². The molecule has 136 valence electrons. The van der Waals surface area contributed by atoms with Gasteiger partial charge in [0.25, 0.3) is 5.91 Å². The van der Waals surface area contributed by atoms with Crippen molar-refractivity contribution in [2.24, 2.45) is 0 Å². The highest BCUT2D eigenvalue weighted by atomic mass is 79.9. The Kier molecular flexibility index (Phi) is 5.03. The first-order chi connectivity index (χ1) is 12.1. The Morgan fingerprint density at radius 2 is 1.96 bits per heavy atom. The van der Waals surface area contributed by atoms with Gasteiger partial charge >= 0.3 is 6.18 Å². The minimum atomic E-state index is -4.54. The number of benzene rings is 2. The monoisotopic (exact) mass is 444 g/mol. The second kappa shape index (κ2) is 6.96. The highest BCUT2D eigenvalue weighted by Crippen LogP contribution is 2.37. The van der Waals surface area contributed by atoms with E-state index in [1.54, 1.807) is 19.1 Å². The van der Waals surface area contributed by atoms with Gasteiger partial charge in [-0.15, -0.1) is 11.8 Å². The molecule has 0 fully saturated rings. The van der Waals surface area contributed by atoms with Crippen molar-refractivity contribution in [3.8, 4) is 0 Å². The number of nitrogens with one attached hydrogen (secondary N) is 2. The van der Waals surface area contributed by atoms with Crippen LogP contribution >= 0.6 is 27.7 Å². The Morgan fingerprint density at radius 3 is 2.65 bits per heavy atom. The minimum Gasteiger partial charge on any atom is -0.324 e. The van der Waals surface area contributed by atoms with Crippen molar-refractivity contribution in [1.82, 2.24) is 0 Å². The summed E-state index contributed by atoms with van der Waals surface area (Å²) in [6, 6.07) is 8.23. The number of carbonyl (C=O) groups excluding carboxylic acids is 2. The average molecular weight is 445 g/mol. The number of fused-ring (bicyclic) bond motifs is 1. The Balaban J connectivity index is 1.83. The molecule has 26 heavy (non-hydrogen) atoms. The third kappa shape index (κ3) is 3.88. The summed E-state index contributed by atoms with van der Waals surface area (Å²) in [5.74, 6) is -0.732. The third-order valence-corrected chi connectivity index (χ3v) is 5.57. The summed E-state index contributed by atoms with van der Waals surface area (Å²) in [7, 11) is 0. The highest BCUT2D eigenvalue weighted by molar-refractivity contribution is 9.10. The lowest BCUT2D eigenvalue weighted by Crippen LogP contribution is -2.26. The first-order valence-corrected chi connectivity index (χ1v) is 9.12. The molecule has 0 radical (unpaired) electrons. The summed E-state index contributed by atoms with van der Waals surface area (Å²) in [6.45, 7) is 1.77. The maximum absolute atomic E-state index is 13.0. The van der Waals surface area contributed by atoms with Gasteiger partial charge < -0.3 is 10.6 Å². The lowest BCUT2D eigenvalue weighted by molar-refractivity contribution is -0.138. The number of hydrogen-bond donors (Lipinski definition) is 2. The van der Waals surface area contributed by atoms with E-state index in [-0.39, 0.29) is 26.9 Å². The van der Waals surface area contributed by atoms with E-state index in [0.29, 0.717) is 5.69 Å². The fourth-order valence-electron chi connectivity index (χ4n) is 2.37. The SMILES string of the molecule is CC1Sc2ccc(C(=O)Nc3ccc(Br)c(C(F)(F)F)c3)cc2NC1=O. The van der Waals surface area contributed by atoms with Gasteiger partial charge in [-0.05, 0) is 43.3 Å². The van der Waals surface area contributed by atoms with Crippen LogP contribution < -0.4 is 10.6 Å². The smallest absolute Gasteiger partial charge is 0.324 e. The highest BCUT2D eigenvalue weighted by Gasteiger charge is 2.33. The Hall–Kier alpha value is -2.00. The normalized spacial score (nSPS) is 16.7. The molecule has 9 heteroatoms. The van der Waals surface area contributed by atoms with Crippen LogP contribution in [0.3, 0.4) is 0 Å². The number of amides is 2. The summed E-state index contributed by atoms with van der Waals surface area (Å²) in [6.07, 6.45) is -4.54. The Labute approximate surface area is 159 Å². The van der Waals surface area contributed by atoms with Crippen LogP contribution in [-0.2, 0) is 11.0 Å². The van der Waals surface area contributed by atoms with Crippen molar-refractivity contribution in [2.45, 2.75) is 23.2 Å². The molecule has 2 amide bonds. The van der Waals surface area contributed by atoms with Crippen LogP contribution in [0.5, 0.6) is 0 Å². The van der Waals surface area contributed by atoms with Gasteiger partial charge in [-0.3, -0.25) is 9.59 Å². The zero-order valence-electron chi connectivity index (χ0n) is 13.3. The van der Waals surface area contributed by atoms with Gasteiger partial charge in [-0.2, -0.15) is 13.2 Å². The quantitative estimate of drug-likeness (QED) is 0.672. The standard InChI is InChI=1S/C17H12BrF3N2O2S/c1-8-15(24)23-13-6-9(2-5-14(13)26-8)16(25)22-10-3-4-12(18)11(7-10)17(19,20)21/h2-8H,1H3,(H,22,25)(H,23,24). The van der Waals surface area contributed by atoms with Crippen molar-refractivity contribution < 1.29 is 22.8 Å². The zero-order valence-corrected chi connectivity index (χ0v) is 15.7. The first-order valence-electron chi connectivity index (χ1n) is 7.45. The lowest BCUT2D eigenvalue weighted by atomic mass is 10.1. The lowest BCUT2D eigenvalue weighted by Gasteiger charge is -2.21. The van der Waals surface area contributed by atoms with Gasteiger partial charge in [-0.25, -0.2) is 0 Å². The van der Waals surface area contributed by atoms with Gasteiger partial charge in [0.05, 0.1) is 16.5 Å². The largest absolute Gasteiger partial charge is 0.417 e. The van der Waals surface area contributed by atoms with Crippen molar-refractivity contribution in [2.75, 3.05) is 10.6 Å². The molecule has 0 bridgehead atoms. The molecular weight excluding hydrogens is 433 g/mol. The molecule has 2 N–H and O–H groups in total. The van der Waals surface area contributed by atoms with E-state index in [2.05, 4.69) is 26.6 Å². The zero-order chi connectivity index (χ0) is 19.1. The average Bonchev–Trinajstić information content (AvgIpc) is 2.56. The van der Waals surface area contributed by atoms with Gasteiger partial charge in [0.1, 0.15) is 0 Å². The number of thioether (sulfide) groups is 1. The molecule has 2 aromatic rings. The van der Waals surface area contributed by atoms with Gasteiger partial charge in [0.2, 0.25) is 5.91 Å². The maximum atomic E-state index is 13.0. The van der Waals surface area contributed by atoms with Crippen molar-refractivity contribution in [1.29, 1.82) is 0 Å². The van der Waals surface area contributed by atoms with Crippen molar-refractivity contribution in [3.63, 3.8) is 0 Å². The Bertz CT molecular complexity index is 902. The molecule has 0 saturated heterocycles. The van der Waals surface area contributed by atoms with Crippen molar-refractivity contribution >= 4 is 50.9 Å². The summed E-state index contributed by atoms with van der Waals surface area (Å²) < 4.78 is 38.8. The molecule has 4 nitrogen and oxygen atoms in total. The molecular formula is C17H12BrF3N2O2S. The van der Waals surface area contributed by atoms with Crippen LogP contribution in [0.15, 0.2) is 45.8 Å². The summed E-state index contributed by atoms with van der Waals surface area (Å²) in [5, 5.41) is 4.93. The predicted molar refractivity (Wildman–Crippen MR) is 97.5 cm³/mol. The fraction of sp³-hybridized carbons (Fsp3) is 0.176. The van der Waals surface area contributed by atoms with E-state index in [1.807, 2.05) is 0 Å². The molecule has 1 aliphatic rings. The maximum Gasteiger partial charge on any atom is 0.417 e. The van der Waals surface area contributed by atoms with E-state index in [4.69, 9.17) is 0 Å². The molecule has 1 heterocycles. The van der Waals surface area contributed by atoms with E-state index in [0.717, 1.165) is 11.0 Å². The predicted octanol–water partition coefficient (Wildman–Crippen LogP) is 5.15. The van der Waals surface area contributed by atoms with E-state index >= 15 is 0 Å². The molecule has 1 aliphatic heterocycles. The molecule has 0 spiro atoms. The fourth-order valence-corrected chi connectivity index (χ4v) is 3.78.